The van der Waals surface area contributed by atoms with Crippen LogP contribution < -0.4 is 0 Å². The molecule has 3 nitrogen and oxygen atoms in total. The van der Waals surface area contributed by atoms with Crippen molar-refractivity contribution in [3.8, 4) is 17.2 Å². The highest BCUT2D eigenvalue weighted by molar-refractivity contribution is 9.10. The van der Waals surface area contributed by atoms with Gasteiger partial charge >= 0.3 is 6.18 Å². The van der Waals surface area contributed by atoms with Crippen molar-refractivity contribution >= 4 is 15.9 Å². The van der Waals surface area contributed by atoms with Crippen LogP contribution >= 0.6 is 15.9 Å². The smallest absolute Gasteiger partial charge is 0.287 e. The number of alkyl halides is 3. The number of benzene rings is 1. The van der Waals surface area contributed by atoms with Gasteiger partial charge < -0.3 is 0 Å². The van der Waals surface area contributed by atoms with Gasteiger partial charge in [-0.25, -0.2) is 9.97 Å². The van der Waals surface area contributed by atoms with Crippen LogP contribution in [-0.4, -0.2) is 14.5 Å². The van der Waals surface area contributed by atoms with Crippen LogP contribution in [0.25, 0.3) is 17.2 Å². The lowest BCUT2D eigenvalue weighted by atomic mass is 10.1. The van der Waals surface area contributed by atoms with Crippen molar-refractivity contribution in [2.45, 2.75) is 20.0 Å². The van der Waals surface area contributed by atoms with Crippen molar-refractivity contribution in [2.75, 3.05) is 0 Å². The van der Waals surface area contributed by atoms with E-state index in [1.807, 2.05) is 12.1 Å². The summed E-state index contributed by atoms with van der Waals surface area (Å²) in [4.78, 5) is 8.08. The van der Waals surface area contributed by atoms with Crippen LogP contribution in [0.2, 0.25) is 0 Å². The third-order valence-corrected chi connectivity index (χ3v) is 4.14. The summed E-state index contributed by atoms with van der Waals surface area (Å²) in [5, 5.41) is 0. The largest absolute Gasteiger partial charge is 0.433 e. The lowest BCUT2D eigenvalue weighted by Crippen LogP contribution is -2.14. The molecule has 0 fully saturated rings. The second-order valence-electron chi connectivity index (χ2n) is 5.39. The van der Waals surface area contributed by atoms with Gasteiger partial charge in [0.1, 0.15) is 0 Å². The normalized spacial score (nSPS) is 11.8. The lowest BCUT2D eigenvalue weighted by Gasteiger charge is -2.13. The summed E-state index contributed by atoms with van der Waals surface area (Å²) in [6.07, 6.45) is -4.54. The zero-order chi connectivity index (χ0) is 17.5. The number of rotatable bonds is 2. The highest BCUT2D eigenvalue weighted by atomic mass is 79.9. The predicted octanol–water partition coefficient (Wildman–Crippen LogP) is 5.33. The third-order valence-electron chi connectivity index (χ3n) is 3.62. The molecule has 0 amide bonds. The van der Waals surface area contributed by atoms with E-state index in [9.17, 15) is 13.2 Å². The van der Waals surface area contributed by atoms with E-state index in [1.165, 1.54) is 0 Å². The average molecular weight is 396 g/mol. The van der Waals surface area contributed by atoms with Crippen molar-refractivity contribution in [1.82, 2.24) is 14.5 Å². The summed E-state index contributed by atoms with van der Waals surface area (Å²) in [5.74, 6) is 0.0164. The van der Waals surface area contributed by atoms with Crippen molar-refractivity contribution < 1.29 is 13.2 Å². The SMILES string of the molecule is Cc1ccc(C)n1-c1nc(-c2ccc(Br)cc2)cc(C(F)(F)F)n1. The molecule has 2 heterocycles. The van der Waals surface area contributed by atoms with Gasteiger partial charge in [0.05, 0.1) is 5.69 Å². The molecule has 0 radical (unpaired) electrons. The van der Waals surface area contributed by atoms with E-state index in [0.717, 1.165) is 21.9 Å². The molecule has 0 saturated carbocycles. The van der Waals surface area contributed by atoms with Gasteiger partial charge in [-0.05, 0) is 44.2 Å². The van der Waals surface area contributed by atoms with E-state index in [-0.39, 0.29) is 11.6 Å². The monoisotopic (exact) mass is 395 g/mol. The third kappa shape index (κ3) is 3.21. The summed E-state index contributed by atoms with van der Waals surface area (Å²) in [7, 11) is 0. The standard InChI is InChI=1S/C17H13BrF3N3/c1-10-3-4-11(2)24(10)16-22-14(9-15(23-16)17(19,20)21)12-5-7-13(18)8-6-12/h3-9H,1-2H3. The number of nitrogens with zero attached hydrogens (tertiary/aromatic N) is 3. The van der Waals surface area contributed by atoms with Gasteiger partial charge in [-0.1, -0.05) is 28.1 Å². The number of aryl methyl sites for hydroxylation is 2. The van der Waals surface area contributed by atoms with E-state index in [4.69, 9.17) is 0 Å². The Kier molecular flexibility index (Phi) is 4.21. The van der Waals surface area contributed by atoms with E-state index in [1.54, 1.807) is 42.7 Å². The molecule has 0 spiro atoms. The zero-order valence-electron chi connectivity index (χ0n) is 12.9. The molecule has 0 unspecified atom stereocenters. The Bertz CT molecular complexity index is 864. The summed E-state index contributed by atoms with van der Waals surface area (Å²) < 4.78 is 42.2. The van der Waals surface area contributed by atoms with Gasteiger partial charge in [-0.3, -0.25) is 4.57 Å². The molecule has 7 heteroatoms. The molecule has 3 aromatic rings. The Morgan fingerprint density at radius 1 is 0.917 bits per heavy atom. The van der Waals surface area contributed by atoms with Gasteiger partial charge in [0, 0.05) is 21.4 Å². The first-order valence-corrected chi connectivity index (χ1v) is 7.92. The van der Waals surface area contributed by atoms with Crippen molar-refractivity contribution in [3.63, 3.8) is 0 Å². The Morgan fingerprint density at radius 2 is 1.50 bits per heavy atom. The van der Waals surface area contributed by atoms with Crippen molar-refractivity contribution in [2.24, 2.45) is 0 Å². The molecular formula is C17H13BrF3N3. The Balaban J connectivity index is 2.23. The zero-order valence-corrected chi connectivity index (χ0v) is 14.5. The highest BCUT2D eigenvalue weighted by Crippen LogP contribution is 2.31. The summed E-state index contributed by atoms with van der Waals surface area (Å²) in [6, 6.07) is 11.6. The molecule has 0 saturated heterocycles. The Morgan fingerprint density at radius 3 is 2.04 bits per heavy atom. The summed E-state index contributed by atoms with van der Waals surface area (Å²) in [5.41, 5.74) is 1.40. The maximum absolute atomic E-state index is 13.3. The van der Waals surface area contributed by atoms with Crippen molar-refractivity contribution in [3.05, 3.63) is 64.0 Å². The Labute approximate surface area is 145 Å². The first kappa shape index (κ1) is 16.7. The molecule has 2 aromatic heterocycles. The Hall–Kier alpha value is -2.15. The second-order valence-corrected chi connectivity index (χ2v) is 6.31. The molecular weight excluding hydrogens is 383 g/mol. The fourth-order valence-electron chi connectivity index (χ4n) is 2.43. The number of hydrogen-bond donors (Lipinski definition) is 0. The number of hydrogen-bond acceptors (Lipinski definition) is 2. The maximum atomic E-state index is 13.3. The molecule has 0 bridgehead atoms. The van der Waals surface area contributed by atoms with Crippen LogP contribution in [0.5, 0.6) is 0 Å². The first-order chi connectivity index (χ1) is 11.3. The molecule has 1 aromatic carbocycles. The van der Waals surface area contributed by atoms with Crippen LogP contribution in [-0.2, 0) is 6.18 Å². The minimum Gasteiger partial charge on any atom is -0.287 e. The first-order valence-electron chi connectivity index (χ1n) is 7.13. The van der Waals surface area contributed by atoms with Crippen LogP contribution in [0, 0.1) is 13.8 Å². The van der Waals surface area contributed by atoms with Gasteiger partial charge in [0.15, 0.2) is 5.69 Å². The fraction of sp³-hybridized carbons (Fsp3) is 0.176. The minimum atomic E-state index is -4.54. The quantitative estimate of drug-likeness (QED) is 0.586. The second kappa shape index (κ2) is 6.05. The van der Waals surface area contributed by atoms with E-state index < -0.39 is 11.9 Å². The van der Waals surface area contributed by atoms with E-state index in [0.29, 0.717) is 5.56 Å². The summed E-state index contributed by atoms with van der Waals surface area (Å²) >= 11 is 3.31. The fourth-order valence-corrected chi connectivity index (χ4v) is 2.70. The van der Waals surface area contributed by atoms with Crippen LogP contribution in [0.4, 0.5) is 13.2 Å². The maximum Gasteiger partial charge on any atom is 0.433 e. The summed E-state index contributed by atoms with van der Waals surface area (Å²) in [6.45, 7) is 3.60. The number of halogens is 4. The van der Waals surface area contributed by atoms with Gasteiger partial charge in [-0.15, -0.1) is 0 Å². The van der Waals surface area contributed by atoms with Gasteiger partial charge in [0.25, 0.3) is 0 Å². The minimum absolute atomic E-state index is 0.0164. The molecule has 124 valence electrons. The molecule has 0 N–H and O–H groups in total. The lowest BCUT2D eigenvalue weighted by molar-refractivity contribution is -0.141. The molecule has 0 aliphatic carbocycles. The van der Waals surface area contributed by atoms with Crippen LogP contribution in [0.15, 0.2) is 46.9 Å². The van der Waals surface area contributed by atoms with Crippen LogP contribution in [0.1, 0.15) is 17.1 Å². The van der Waals surface area contributed by atoms with E-state index >= 15 is 0 Å². The molecule has 3 rings (SSSR count). The molecule has 0 atom stereocenters. The molecule has 0 aliphatic rings. The topological polar surface area (TPSA) is 30.7 Å². The van der Waals surface area contributed by atoms with Crippen molar-refractivity contribution in [1.29, 1.82) is 0 Å². The van der Waals surface area contributed by atoms with Gasteiger partial charge in [-0.2, -0.15) is 13.2 Å². The average Bonchev–Trinajstić information content (AvgIpc) is 2.85. The van der Waals surface area contributed by atoms with E-state index in [2.05, 4.69) is 25.9 Å². The van der Waals surface area contributed by atoms with Crippen LogP contribution in [0.3, 0.4) is 0 Å². The van der Waals surface area contributed by atoms with Gasteiger partial charge in [0.2, 0.25) is 5.95 Å². The molecule has 0 aliphatic heterocycles. The molecule has 24 heavy (non-hydrogen) atoms. The number of aromatic nitrogens is 3. The predicted molar refractivity (Wildman–Crippen MR) is 89.0 cm³/mol. The highest BCUT2D eigenvalue weighted by Gasteiger charge is 2.34.